The van der Waals surface area contributed by atoms with Gasteiger partial charge in [0.2, 0.25) is 15.9 Å². The van der Waals surface area contributed by atoms with Gasteiger partial charge in [0.25, 0.3) is 5.91 Å². The second-order valence-electron chi connectivity index (χ2n) is 9.65. The lowest BCUT2D eigenvalue weighted by Gasteiger charge is -2.34. The van der Waals surface area contributed by atoms with Crippen molar-refractivity contribution in [3.63, 3.8) is 0 Å². The van der Waals surface area contributed by atoms with Crippen molar-refractivity contribution in [1.29, 1.82) is 0 Å². The Morgan fingerprint density at radius 1 is 1.03 bits per heavy atom. The Labute approximate surface area is 205 Å². The number of nitrogens with one attached hydrogen (secondary N) is 2. The van der Waals surface area contributed by atoms with Gasteiger partial charge in [-0.25, -0.2) is 13.2 Å². The molecule has 0 unspecified atom stereocenters. The lowest BCUT2D eigenvalue weighted by Crippen LogP contribution is -2.42. The third kappa shape index (κ3) is 4.94. The van der Waals surface area contributed by atoms with Gasteiger partial charge in [0.1, 0.15) is 12.1 Å². The summed E-state index contributed by atoms with van der Waals surface area (Å²) in [5.41, 5.74) is -0.263. The number of hydrogen-bond donors (Lipinski definition) is 2. The lowest BCUT2D eigenvalue weighted by atomic mass is 9.92. The van der Waals surface area contributed by atoms with Gasteiger partial charge in [-0.15, -0.1) is 0 Å². The molecule has 2 aromatic carbocycles. The van der Waals surface area contributed by atoms with Crippen molar-refractivity contribution in [1.82, 2.24) is 14.5 Å². The summed E-state index contributed by atoms with van der Waals surface area (Å²) in [6.45, 7) is 6.20. The van der Waals surface area contributed by atoms with Crippen molar-refractivity contribution >= 4 is 33.6 Å². The van der Waals surface area contributed by atoms with Gasteiger partial charge in [-0.1, -0.05) is 44.2 Å². The van der Waals surface area contributed by atoms with Crippen LogP contribution in [0, 0.1) is 11.8 Å². The first kappa shape index (κ1) is 24.9. The number of hydrogen-bond acceptors (Lipinski definition) is 5. The zero-order valence-electron chi connectivity index (χ0n) is 20.0. The first-order valence-electron chi connectivity index (χ1n) is 11.6. The van der Waals surface area contributed by atoms with Crippen LogP contribution in [0.15, 0.2) is 59.5 Å². The SMILES string of the molecule is C[C@@H]1C[C@@H](C)CN(S(=O)(=O)c2ccc(NC(=O)CN3C(=O)N[C@](C)(c4ccccc4)C3=O)cc2)C1. The predicted molar refractivity (Wildman–Crippen MR) is 131 cm³/mol. The maximum atomic E-state index is 13.0. The maximum absolute atomic E-state index is 13.0. The molecule has 2 saturated heterocycles. The van der Waals surface area contributed by atoms with Crippen LogP contribution in [-0.4, -0.2) is 55.1 Å². The van der Waals surface area contributed by atoms with Gasteiger partial charge in [-0.3, -0.25) is 14.5 Å². The molecule has 2 aliphatic heterocycles. The van der Waals surface area contributed by atoms with E-state index >= 15 is 0 Å². The van der Waals surface area contributed by atoms with Crippen LogP contribution in [0.3, 0.4) is 0 Å². The molecule has 2 N–H and O–H groups in total. The average Bonchev–Trinajstić information content (AvgIpc) is 3.03. The van der Waals surface area contributed by atoms with Crippen LogP contribution in [0.1, 0.15) is 32.8 Å². The molecule has 0 saturated carbocycles. The van der Waals surface area contributed by atoms with E-state index in [9.17, 15) is 22.8 Å². The molecule has 0 aromatic heterocycles. The van der Waals surface area contributed by atoms with Crippen LogP contribution in [0.5, 0.6) is 0 Å². The molecule has 0 radical (unpaired) electrons. The van der Waals surface area contributed by atoms with Crippen LogP contribution < -0.4 is 10.6 Å². The average molecular weight is 499 g/mol. The van der Waals surface area contributed by atoms with Gasteiger partial charge in [0.05, 0.1) is 4.90 Å². The van der Waals surface area contributed by atoms with E-state index < -0.39 is 40.0 Å². The zero-order valence-corrected chi connectivity index (χ0v) is 20.8. The van der Waals surface area contributed by atoms with E-state index in [1.807, 2.05) is 19.9 Å². The second-order valence-corrected chi connectivity index (χ2v) is 11.6. The maximum Gasteiger partial charge on any atom is 0.325 e. The van der Waals surface area contributed by atoms with Crippen molar-refractivity contribution in [2.75, 3.05) is 25.0 Å². The van der Waals surface area contributed by atoms with E-state index in [-0.39, 0.29) is 4.90 Å². The summed E-state index contributed by atoms with van der Waals surface area (Å²) in [6, 6.07) is 14.1. The standard InChI is InChI=1S/C25H30N4O5S/c1-17-13-18(2)15-28(14-17)35(33,34)21-11-9-20(10-12-21)26-22(30)16-29-23(31)25(3,27-24(29)32)19-7-5-4-6-8-19/h4-12,17-18H,13-16H2,1-3H3,(H,26,30)(H,27,32)/t17-,18-,25-/m1/s1. The van der Waals surface area contributed by atoms with Gasteiger partial charge in [-0.2, -0.15) is 4.31 Å². The monoisotopic (exact) mass is 498 g/mol. The largest absolute Gasteiger partial charge is 0.325 e. The molecule has 10 heteroatoms. The molecule has 0 spiro atoms. The van der Waals surface area contributed by atoms with E-state index in [4.69, 9.17) is 0 Å². The topological polar surface area (TPSA) is 116 Å². The number of nitrogens with zero attached hydrogens (tertiary/aromatic N) is 2. The minimum absolute atomic E-state index is 0.157. The van der Waals surface area contributed by atoms with Crippen molar-refractivity contribution in [2.24, 2.45) is 11.8 Å². The molecule has 2 aliphatic rings. The number of piperidine rings is 1. The fraction of sp³-hybridized carbons (Fsp3) is 0.400. The Balaban J connectivity index is 1.41. The molecule has 35 heavy (non-hydrogen) atoms. The lowest BCUT2D eigenvalue weighted by molar-refractivity contribution is -0.133. The molecule has 4 rings (SSSR count). The number of anilines is 1. The molecule has 186 valence electrons. The van der Waals surface area contributed by atoms with Crippen LogP contribution in [-0.2, 0) is 25.2 Å². The first-order valence-corrected chi connectivity index (χ1v) is 13.0. The van der Waals surface area contributed by atoms with Crippen LogP contribution in [0.25, 0.3) is 0 Å². The highest BCUT2D eigenvalue weighted by atomic mass is 32.2. The Kier molecular flexibility index (Phi) is 6.70. The van der Waals surface area contributed by atoms with Crippen molar-refractivity contribution in [3.8, 4) is 0 Å². The number of benzene rings is 2. The molecule has 3 atom stereocenters. The van der Waals surface area contributed by atoms with Crippen molar-refractivity contribution in [3.05, 3.63) is 60.2 Å². The molecular weight excluding hydrogens is 468 g/mol. The quantitative estimate of drug-likeness (QED) is 0.594. The number of sulfonamides is 1. The minimum atomic E-state index is -3.63. The van der Waals surface area contributed by atoms with E-state index in [0.29, 0.717) is 36.2 Å². The van der Waals surface area contributed by atoms with E-state index in [2.05, 4.69) is 10.6 Å². The Hall–Kier alpha value is -3.24. The van der Waals surface area contributed by atoms with Gasteiger partial charge >= 0.3 is 6.03 Å². The normalized spacial score (nSPS) is 25.4. The number of amides is 4. The highest BCUT2D eigenvalue weighted by molar-refractivity contribution is 7.89. The van der Waals surface area contributed by atoms with E-state index in [1.54, 1.807) is 31.2 Å². The van der Waals surface area contributed by atoms with Gasteiger partial charge in [0, 0.05) is 18.8 Å². The number of carbonyl (C=O) groups excluding carboxylic acids is 3. The predicted octanol–water partition coefficient (Wildman–Crippen LogP) is 2.76. The fourth-order valence-electron chi connectivity index (χ4n) is 4.81. The smallest absolute Gasteiger partial charge is 0.325 e. The summed E-state index contributed by atoms with van der Waals surface area (Å²) < 4.78 is 27.6. The third-order valence-electron chi connectivity index (χ3n) is 6.54. The van der Waals surface area contributed by atoms with Crippen molar-refractivity contribution < 1.29 is 22.8 Å². The number of imide groups is 1. The van der Waals surface area contributed by atoms with Gasteiger partial charge in [0.15, 0.2) is 0 Å². The number of rotatable bonds is 6. The first-order chi connectivity index (χ1) is 16.5. The fourth-order valence-corrected chi connectivity index (χ4v) is 6.49. The highest BCUT2D eigenvalue weighted by Gasteiger charge is 2.49. The molecule has 0 aliphatic carbocycles. The van der Waals surface area contributed by atoms with Gasteiger partial charge in [-0.05, 0) is 55.0 Å². The highest BCUT2D eigenvalue weighted by Crippen LogP contribution is 2.29. The summed E-state index contributed by atoms with van der Waals surface area (Å²) in [6.07, 6.45) is 0.999. The van der Waals surface area contributed by atoms with Crippen molar-refractivity contribution in [2.45, 2.75) is 37.6 Å². The molecule has 0 bridgehead atoms. The third-order valence-corrected chi connectivity index (χ3v) is 8.38. The summed E-state index contributed by atoms with van der Waals surface area (Å²) in [4.78, 5) is 39.1. The van der Waals surface area contributed by atoms with Crippen LogP contribution in [0.2, 0.25) is 0 Å². The Morgan fingerprint density at radius 2 is 1.63 bits per heavy atom. The minimum Gasteiger partial charge on any atom is -0.325 e. The Morgan fingerprint density at radius 3 is 2.23 bits per heavy atom. The molecule has 2 fully saturated rings. The summed E-state index contributed by atoms with van der Waals surface area (Å²) in [5, 5.41) is 5.29. The Bertz CT molecular complexity index is 1220. The summed E-state index contributed by atoms with van der Waals surface area (Å²) >= 11 is 0. The summed E-state index contributed by atoms with van der Waals surface area (Å²) in [5.74, 6) is -0.502. The molecule has 2 aromatic rings. The second kappa shape index (κ2) is 9.43. The van der Waals surface area contributed by atoms with E-state index in [0.717, 1.165) is 11.3 Å². The number of urea groups is 1. The van der Waals surface area contributed by atoms with Crippen LogP contribution >= 0.6 is 0 Å². The van der Waals surface area contributed by atoms with E-state index in [1.165, 1.54) is 28.6 Å². The van der Waals surface area contributed by atoms with Gasteiger partial charge < -0.3 is 10.6 Å². The number of carbonyl (C=O) groups is 3. The summed E-state index contributed by atoms with van der Waals surface area (Å²) in [7, 11) is -3.63. The molecule has 9 nitrogen and oxygen atoms in total. The molecule has 4 amide bonds. The zero-order chi connectivity index (χ0) is 25.4. The van der Waals surface area contributed by atoms with Crippen LogP contribution in [0.4, 0.5) is 10.5 Å². The molecular formula is C25H30N4O5S. The molecule has 2 heterocycles.